The minimum atomic E-state index is -0.992. The number of benzene rings is 1. The van der Waals surface area contributed by atoms with Crippen LogP contribution in [0.3, 0.4) is 0 Å². The van der Waals surface area contributed by atoms with Crippen LogP contribution in [0.1, 0.15) is 60.8 Å². The Kier molecular flexibility index (Phi) is 6.25. The van der Waals surface area contributed by atoms with E-state index in [0.717, 1.165) is 24.9 Å². The zero-order valence-corrected chi connectivity index (χ0v) is 18.0. The van der Waals surface area contributed by atoms with Gasteiger partial charge in [0.1, 0.15) is 11.1 Å². The summed E-state index contributed by atoms with van der Waals surface area (Å²) >= 11 is 0. The number of nitrogens with zero attached hydrogens (tertiary/aromatic N) is 4. The van der Waals surface area contributed by atoms with Gasteiger partial charge in [-0.1, -0.05) is 37.5 Å². The molecule has 0 bridgehead atoms. The molecule has 1 aliphatic carbocycles. The average Bonchev–Trinajstić information content (AvgIpc) is 3.07. The number of carbonyl (C=O) groups is 2. The Bertz CT molecular complexity index is 968. The minimum Gasteiger partial charge on any atom is -0.449 e. The third kappa shape index (κ3) is 3.95. The standard InChI is InChI=1S/C23H28N4O3/c1-16-20(17(2)27(25-16)19-11-7-5-8-12-19)22(29)30-18(3)21(28)26(4)23(15-24)13-9-6-10-14-23/h5,7-8,11-12,18H,6,9-10,13-14H2,1-4H3/t18-/m0/s1. The molecule has 7 heteroatoms. The summed E-state index contributed by atoms with van der Waals surface area (Å²) in [7, 11) is 1.63. The van der Waals surface area contributed by atoms with E-state index < -0.39 is 17.6 Å². The Morgan fingerprint density at radius 2 is 1.83 bits per heavy atom. The first-order valence-corrected chi connectivity index (χ1v) is 10.3. The number of amides is 1. The van der Waals surface area contributed by atoms with E-state index >= 15 is 0 Å². The molecular weight excluding hydrogens is 380 g/mol. The van der Waals surface area contributed by atoms with Crippen molar-refractivity contribution in [1.82, 2.24) is 14.7 Å². The minimum absolute atomic E-state index is 0.355. The number of hydrogen-bond acceptors (Lipinski definition) is 5. The molecular formula is C23H28N4O3. The van der Waals surface area contributed by atoms with E-state index in [1.54, 1.807) is 32.5 Å². The van der Waals surface area contributed by atoms with Crippen LogP contribution in [0.15, 0.2) is 30.3 Å². The summed E-state index contributed by atoms with van der Waals surface area (Å²) in [5, 5.41) is 14.2. The van der Waals surface area contributed by atoms with Gasteiger partial charge in [-0.2, -0.15) is 10.4 Å². The highest BCUT2D eigenvalue weighted by Gasteiger charge is 2.41. The Morgan fingerprint density at radius 3 is 2.43 bits per heavy atom. The summed E-state index contributed by atoms with van der Waals surface area (Å²) in [6.07, 6.45) is 3.20. The van der Waals surface area contributed by atoms with E-state index in [0.29, 0.717) is 29.8 Å². The molecule has 1 fully saturated rings. The number of ether oxygens (including phenoxy) is 1. The third-order valence-corrected chi connectivity index (χ3v) is 5.99. The maximum atomic E-state index is 12.9. The molecule has 1 aliphatic rings. The zero-order valence-electron chi connectivity index (χ0n) is 18.0. The van der Waals surface area contributed by atoms with Crippen molar-refractivity contribution in [2.45, 2.75) is 64.5 Å². The monoisotopic (exact) mass is 408 g/mol. The quantitative estimate of drug-likeness (QED) is 0.704. The molecule has 0 N–H and O–H groups in total. The van der Waals surface area contributed by atoms with Gasteiger partial charge in [-0.3, -0.25) is 4.79 Å². The first kappa shape index (κ1) is 21.6. The van der Waals surface area contributed by atoms with Crippen LogP contribution < -0.4 is 0 Å². The van der Waals surface area contributed by atoms with Crippen molar-refractivity contribution >= 4 is 11.9 Å². The molecule has 30 heavy (non-hydrogen) atoms. The molecule has 1 saturated carbocycles. The zero-order chi connectivity index (χ0) is 21.9. The molecule has 1 aromatic heterocycles. The van der Waals surface area contributed by atoms with E-state index in [9.17, 15) is 14.9 Å². The van der Waals surface area contributed by atoms with Gasteiger partial charge in [-0.25, -0.2) is 9.48 Å². The summed E-state index contributed by atoms with van der Waals surface area (Å²) in [4.78, 5) is 27.3. The smallest absolute Gasteiger partial charge is 0.342 e. The van der Waals surface area contributed by atoms with Crippen LogP contribution >= 0.6 is 0 Å². The maximum Gasteiger partial charge on any atom is 0.342 e. The lowest BCUT2D eigenvalue weighted by Crippen LogP contribution is -2.53. The molecule has 0 spiro atoms. The SMILES string of the molecule is Cc1nn(-c2ccccc2)c(C)c1C(=O)O[C@@H](C)C(=O)N(C)C1(C#N)CCCCC1. The number of aryl methyl sites for hydroxylation is 1. The first-order valence-electron chi connectivity index (χ1n) is 10.3. The highest BCUT2D eigenvalue weighted by molar-refractivity contribution is 5.94. The second-order valence-electron chi connectivity index (χ2n) is 7.94. The van der Waals surface area contributed by atoms with Gasteiger partial charge in [-0.15, -0.1) is 0 Å². The van der Waals surface area contributed by atoms with Crippen LogP contribution in [0, 0.1) is 25.2 Å². The molecule has 0 saturated heterocycles. The van der Waals surface area contributed by atoms with Gasteiger partial charge in [0.25, 0.3) is 5.91 Å². The average molecular weight is 409 g/mol. The van der Waals surface area contributed by atoms with Gasteiger partial charge >= 0.3 is 5.97 Å². The Hall–Kier alpha value is -3.14. The fourth-order valence-electron chi connectivity index (χ4n) is 4.17. The van der Waals surface area contributed by atoms with Gasteiger partial charge in [0.05, 0.1) is 23.1 Å². The van der Waals surface area contributed by atoms with Crippen molar-refractivity contribution in [2.24, 2.45) is 0 Å². The number of hydrogen-bond donors (Lipinski definition) is 0. The molecule has 1 aromatic carbocycles. The molecule has 1 atom stereocenters. The van der Waals surface area contributed by atoms with Crippen molar-refractivity contribution in [2.75, 3.05) is 7.05 Å². The Balaban J connectivity index is 1.77. The number of nitriles is 1. The highest BCUT2D eigenvalue weighted by atomic mass is 16.5. The van der Waals surface area contributed by atoms with Gasteiger partial charge < -0.3 is 9.64 Å². The molecule has 158 valence electrons. The van der Waals surface area contributed by atoms with Crippen molar-refractivity contribution in [1.29, 1.82) is 5.26 Å². The molecule has 7 nitrogen and oxygen atoms in total. The predicted octanol–water partition coefficient (Wildman–Crippen LogP) is 3.72. The van der Waals surface area contributed by atoms with Crippen molar-refractivity contribution in [3.05, 3.63) is 47.3 Å². The van der Waals surface area contributed by atoms with Crippen molar-refractivity contribution in [3.8, 4) is 11.8 Å². The Morgan fingerprint density at radius 1 is 1.20 bits per heavy atom. The second-order valence-corrected chi connectivity index (χ2v) is 7.94. The van der Waals surface area contributed by atoms with Gasteiger partial charge in [0.15, 0.2) is 6.10 Å². The van der Waals surface area contributed by atoms with Crippen LogP contribution in [0.4, 0.5) is 0 Å². The van der Waals surface area contributed by atoms with Crippen molar-refractivity contribution in [3.63, 3.8) is 0 Å². The van der Waals surface area contributed by atoms with E-state index in [4.69, 9.17) is 4.74 Å². The van der Waals surface area contributed by atoms with Crippen LogP contribution in [-0.2, 0) is 9.53 Å². The van der Waals surface area contributed by atoms with Gasteiger partial charge in [-0.05, 0) is 45.7 Å². The molecule has 2 aromatic rings. The van der Waals surface area contributed by atoms with Gasteiger partial charge in [0.2, 0.25) is 0 Å². The summed E-state index contributed by atoms with van der Waals surface area (Å²) < 4.78 is 7.21. The Labute approximate surface area is 177 Å². The lowest BCUT2D eigenvalue weighted by Gasteiger charge is -2.39. The summed E-state index contributed by atoms with van der Waals surface area (Å²) in [6, 6.07) is 11.8. The molecule has 3 rings (SSSR count). The van der Waals surface area contributed by atoms with E-state index in [-0.39, 0.29) is 5.91 Å². The molecule has 0 unspecified atom stereocenters. The molecule has 0 aliphatic heterocycles. The fraction of sp³-hybridized carbons (Fsp3) is 0.478. The lowest BCUT2D eigenvalue weighted by molar-refractivity contribution is -0.143. The number of likely N-dealkylation sites (N-methyl/N-ethyl adjacent to an activating group) is 1. The van der Waals surface area contributed by atoms with E-state index in [1.165, 1.54) is 4.90 Å². The van der Waals surface area contributed by atoms with Gasteiger partial charge in [0, 0.05) is 7.05 Å². The largest absolute Gasteiger partial charge is 0.449 e. The van der Waals surface area contributed by atoms with Crippen LogP contribution in [0.2, 0.25) is 0 Å². The summed E-state index contributed by atoms with van der Waals surface area (Å²) in [5.74, 6) is -0.950. The number of aromatic nitrogens is 2. The van der Waals surface area contributed by atoms with Crippen LogP contribution in [0.25, 0.3) is 5.69 Å². The molecule has 0 radical (unpaired) electrons. The first-order chi connectivity index (χ1) is 14.3. The van der Waals surface area contributed by atoms with Crippen LogP contribution in [0.5, 0.6) is 0 Å². The van der Waals surface area contributed by atoms with E-state index in [1.807, 2.05) is 30.3 Å². The summed E-state index contributed by atoms with van der Waals surface area (Å²) in [5.41, 5.74) is 1.57. The number of para-hydroxylation sites is 1. The van der Waals surface area contributed by atoms with Crippen LogP contribution in [-0.4, -0.2) is 45.2 Å². The topological polar surface area (TPSA) is 88.2 Å². The lowest BCUT2D eigenvalue weighted by atomic mass is 9.81. The fourth-order valence-corrected chi connectivity index (χ4v) is 4.17. The normalized spacial score (nSPS) is 16.4. The maximum absolute atomic E-state index is 12.9. The number of rotatable bonds is 5. The number of carbonyl (C=O) groups excluding carboxylic acids is 2. The summed E-state index contributed by atoms with van der Waals surface area (Å²) in [6.45, 7) is 5.10. The molecule has 1 heterocycles. The predicted molar refractivity (Wildman–Crippen MR) is 112 cm³/mol. The molecule has 1 amide bonds. The number of esters is 1. The highest BCUT2D eigenvalue weighted by Crippen LogP contribution is 2.33. The second kappa shape index (κ2) is 8.70. The third-order valence-electron chi connectivity index (χ3n) is 5.99. The van der Waals surface area contributed by atoms with Crippen molar-refractivity contribution < 1.29 is 14.3 Å². The van der Waals surface area contributed by atoms with E-state index in [2.05, 4.69) is 11.2 Å².